The molecule has 2 atom stereocenters. The number of hydrogen-bond acceptors (Lipinski definition) is 0. The van der Waals surface area contributed by atoms with Crippen LogP contribution in [-0.2, 0) is 21.0 Å². The fourth-order valence-corrected chi connectivity index (χ4v) is 41.6. The topological polar surface area (TPSA) is 0 Å². The van der Waals surface area contributed by atoms with Crippen molar-refractivity contribution < 1.29 is 15.6 Å². The summed E-state index contributed by atoms with van der Waals surface area (Å²) >= 11 is -4.91. The molecular formula is C46H51Cl2SiZr. The fourth-order valence-electron chi connectivity index (χ4n) is 9.39. The Morgan fingerprint density at radius 3 is 2.00 bits per heavy atom. The molecule has 2 unspecified atom stereocenters. The Bertz CT molecular complexity index is 2220. The molecule has 0 nitrogen and oxygen atoms in total. The van der Waals surface area contributed by atoms with Crippen LogP contribution in [0.4, 0.5) is 0 Å². The van der Waals surface area contributed by atoms with Crippen molar-refractivity contribution in [2.75, 3.05) is 0 Å². The van der Waals surface area contributed by atoms with Crippen molar-refractivity contribution in [3.05, 3.63) is 141 Å². The second kappa shape index (κ2) is 12.6. The van der Waals surface area contributed by atoms with E-state index < -0.39 is 21.5 Å². The summed E-state index contributed by atoms with van der Waals surface area (Å²) in [6.45, 7) is 23.3. The van der Waals surface area contributed by atoms with Gasteiger partial charge >= 0.3 is 312 Å². The number of rotatable bonds is 6. The second-order valence-electron chi connectivity index (χ2n) is 16.8. The zero-order valence-electron chi connectivity index (χ0n) is 31.4. The summed E-state index contributed by atoms with van der Waals surface area (Å²) in [5.74, 6) is -1.35. The molecule has 0 saturated heterocycles. The van der Waals surface area contributed by atoms with E-state index in [9.17, 15) is 0 Å². The molecule has 257 valence electrons. The van der Waals surface area contributed by atoms with Gasteiger partial charge in [0.2, 0.25) is 0 Å². The zero-order valence-corrected chi connectivity index (χ0v) is 36.5. The van der Waals surface area contributed by atoms with Crippen LogP contribution in [0.3, 0.4) is 0 Å². The van der Waals surface area contributed by atoms with Crippen LogP contribution in [0.15, 0.2) is 102 Å². The van der Waals surface area contributed by atoms with E-state index in [2.05, 4.69) is 172 Å². The van der Waals surface area contributed by atoms with E-state index in [4.69, 9.17) is 17.0 Å². The number of aryl methyl sites for hydroxylation is 2. The molecule has 0 N–H and O–H groups in total. The van der Waals surface area contributed by atoms with Gasteiger partial charge in [-0.1, -0.05) is 0 Å². The number of halogens is 2. The van der Waals surface area contributed by atoms with Gasteiger partial charge in [0.05, 0.1) is 0 Å². The number of benzene rings is 5. The van der Waals surface area contributed by atoms with E-state index in [1.165, 1.54) is 83.1 Å². The predicted molar refractivity (Wildman–Crippen MR) is 222 cm³/mol. The van der Waals surface area contributed by atoms with Crippen LogP contribution < -0.4 is 0 Å². The van der Waals surface area contributed by atoms with Gasteiger partial charge in [0.25, 0.3) is 0 Å². The Kier molecular flexibility index (Phi) is 9.04. The second-order valence-corrected chi connectivity index (χ2v) is 59.3. The SMILES string of the molecule is CC1=Cc2c(-c3cccc4ccccc34)c(C)cc(C)c2[CH]1[Zr]([Cl])([Cl])([CH]1C(C(C)C)=Cc2c(-c3ccc(C(C)(C)C)cc3)cccc21)[SiH](C)C. The van der Waals surface area contributed by atoms with Crippen molar-refractivity contribution in [1.29, 1.82) is 0 Å². The Morgan fingerprint density at radius 1 is 0.700 bits per heavy atom. The van der Waals surface area contributed by atoms with Crippen LogP contribution in [0.25, 0.3) is 45.2 Å². The van der Waals surface area contributed by atoms with Crippen LogP contribution in [0.1, 0.15) is 87.7 Å². The first-order valence-electron chi connectivity index (χ1n) is 18.4. The Labute approximate surface area is 309 Å². The van der Waals surface area contributed by atoms with Gasteiger partial charge in [0, 0.05) is 0 Å². The van der Waals surface area contributed by atoms with E-state index in [-0.39, 0.29) is 12.7 Å². The molecule has 7 rings (SSSR count). The van der Waals surface area contributed by atoms with Crippen molar-refractivity contribution in [1.82, 2.24) is 0 Å². The zero-order chi connectivity index (χ0) is 35.9. The number of allylic oxidation sites excluding steroid dienone is 2. The third-order valence-electron chi connectivity index (χ3n) is 12.0. The van der Waals surface area contributed by atoms with Gasteiger partial charge in [-0.25, -0.2) is 0 Å². The van der Waals surface area contributed by atoms with Crippen molar-refractivity contribution in [2.45, 2.75) is 81.2 Å². The molecule has 0 spiro atoms. The van der Waals surface area contributed by atoms with Crippen LogP contribution in [0, 0.1) is 19.8 Å². The molecule has 5 aromatic rings. The maximum absolute atomic E-state index is 8.76. The summed E-state index contributed by atoms with van der Waals surface area (Å²) in [6, 6.07) is 34.0. The minimum atomic E-state index is -4.91. The van der Waals surface area contributed by atoms with Gasteiger partial charge in [-0.2, -0.15) is 0 Å². The molecule has 50 heavy (non-hydrogen) atoms. The first kappa shape index (κ1) is 35.9. The molecule has 5 aromatic carbocycles. The molecule has 0 fully saturated rings. The third kappa shape index (κ3) is 5.46. The van der Waals surface area contributed by atoms with Crippen LogP contribution in [0.5, 0.6) is 0 Å². The summed E-state index contributed by atoms with van der Waals surface area (Å²) in [5.41, 5.74) is 17.4. The van der Waals surface area contributed by atoms with E-state index in [1.54, 1.807) is 0 Å². The average Bonchev–Trinajstić information content (AvgIpc) is 3.64. The van der Waals surface area contributed by atoms with Crippen molar-refractivity contribution >= 4 is 45.9 Å². The number of hydrogen-bond donors (Lipinski definition) is 0. The van der Waals surface area contributed by atoms with Gasteiger partial charge in [-0.15, -0.1) is 0 Å². The molecule has 0 aromatic heterocycles. The third-order valence-corrected chi connectivity index (χ3v) is 63.9. The summed E-state index contributed by atoms with van der Waals surface area (Å²) in [7, 11) is 17.5. The van der Waals surface area contributed by atoms with E-state index >= 15 is 0 Å². The Morgan fingerprint density at radius 2 is 1.34 bits per heavy atom. The van der Waals surface area contributed by atoms with Crippen molar-refractivity contribution in [3.8, 4) is 22.3 Å². The first-order chi connectivity index (χ1) is 23.5. The fraction of sp³-hybridized carbons (Fsp3) is 0.304. The Balaban J connectivity index is 1.46. The van der Waals surface area contributed by atoms with Gasteiger partial charge in [0.15, 0.2) is 0 Å². The molecule has 0 bridgehead atoms. The molecule has 0 heterocycles. The summed E-state index contributed by atoms with van der Waals surface area (Å²) < 4.78 is 0.125. The number of fused-ring (bicyclic) bond motifs is 3. The maximum atomic E-state index is 8.76. The quantitative estimate of drug-likeness (QED) is 0.150. The molecule has 0 amide bonds. The summed E-state index contributed by atoms with van der Waals surface area (Å²) in [6.07, 6.45) is 4.96. The van der Waals surface area contributed by atoms with Gasteiger partial charge in [0.1, 0.15) is 0 Å². The van der Waals surface area contributed by atoms with E-state index in [0.717, 1.165) is 0 Å². The molecular weight excluding hydrogens is 743 g/mol. The molecule has 2 aliphatic rings. The molecule has 0 radical (unpaired) electrons. The van der Waals surface area contributed by atoms with Crippen molar-refractivity contribution in [2.24, 2.45) is 5.92 Å². The summed E-state index contributed by atoms with van der Waals surface area (Å²) in [5, 5.41) is 2.55. The Hall–Kier alpha value is -2.48. The van der Waals surface area contributed by atoms with Gasteiger partial charge in [-0.05, 0) is 0 Å². The normalized spacial score (nSPS) is 18.2. The van der Waals surface area contributed by atoms with Crippen LogP contribution in [0.2, 0.25) is 13.1 Å². The average molecular weight is 794 g/mol. The molecule has 0 saturated carbocycles. The molecule has 0 aliphatic heterocycles. The van der Waals surface area contributed by atoms with Crippen LogP contribution in [-0.4, -0.2) is 5.92 Å². The molecule has 2 aliphatic carbocycles. The standard InChI is InChI=1S/C22H19.C22H25.C2H7Si.2ClH.Zr/c1-14-11-20-15(2)13-16(3)22(21(20)12-14)19-10-6-8-17-7-4-5-9-18(17)19;1-15(2)18-13-17-7-6-8-20(21(17)14-18)16-9-11-19(12-10-16)22(3,4)5;1-3-2;;;/h4-13H,1-3H3;6-15H,1-5H3;3H,1-2H3;2*1H;/q;;;;;+2/p-2. The van der Waals surface area contributed by atoms with Crippen LogP contribution >= 0.6 is 17.0 Å². The molecule has 4 heteroatoms. The van der Waals surface area contributed by atoms with E-state index in [1.807, 2.05) is 0 Å². The van der Waals surface area contributed by atoms with Gasteiger partial charge < -0.3 is 0 Å². The predicted octanol–water partition coefficient (Wildman–Crippen LogP) is 14.3. The monoisotopic (exact) mass is 791 g/mol. The van der Waals surface area contributed by atoms with E-state index in [0.29, 0.717) is 5.92 Å². The summed E-state index contributed by atoms with van der Waals surface area (Å²) in [4.78, 5) is 0. The van der Waals surface area contributed by atoms with Crippen molar-refractivity contribution in [3.63, 3.8) is 0 Å². The van der Waals surface area contributed by atoms with Gasteiger partial charge in [-0.3, -0.25) is 0 Å². The first-order valence-corrected chi connectivity index (χ1v) is 34.7. The minimum absolute atomic E-state index is 0.0589.